The minimum Gasteiger partial charge on any atom is -0.368 e. The number of carbonyl (C=O) groups excluding carboxylic acids is 2. The second-order valence-corrected chi connectivity index (χ2v) is 9.23. The Kier molecular flexibility index (Phi) is 6.84. The summed E-state index contributed by atoms with van der Waals surface area (Å²) < 4.78 is 43.2. The van der Waals surface area contributed by atoms with Crippen LogP contribution in [-0.2, 0) is 24.2 Å². The van der Waals surface area contributed by atoms with Gasteiger partial charge in [0, 0.05) is 23.9 Å². The van der Waals surface area contributed by atoms with Crippen molar-refractivity contribution in [1.29, 1.82) is 0 Å². The molecule has 0 aromatic heterocycles. The van der Waals surface area contributed by atoms with E-state index in [1.165, 1.54) is 19.1 Å². The molecule has 2 N–H and O–H groups in total. The predicted octanol–water partition coefficient (Wildman–Crippen LogP) is 2.99. The highest BCUT2D eigenvalue weighted by Crippen LogP contribution is 2.19. The van der Waals surface area contributed by atoms with Crippen molar-refractivity contribution in [2.24, 2.45) is 5.92 Å². The second-order valence-electron chi connectivity index (χ2n) is 7.19. The molecular formula is C21H23FN2O5S. The van der Waals surface area contributed by atoms with Crippen LogP contribution in [0.4, 0.5) is 15.8 Å². The van der Waals surface area contributed by atoms with E-state index in [2.05, 4.69) is 10.6 Å². The first kappa shape index (κ1) is 21.9. The highest BCUT2D eigenvalue weighted by Gasteiger charge is 2.24. The molecule has 2 aromatic carbocycles. The highest BCUT2D eigenvalue weighted by molar-refractivity contribution is 7.91. The number of nitrogens with one attached hydrogen (secondary N) is 2. The number of benzene rings is 2. The number of ether oxygens (including phenoxy) is 1. The molecule has 1 aliphatic rings. The lowest BCUT2D eigenvalue weighted by Gasteiger charge is -2.14. The van der Waals surface area contributed by atoms with Gasteiger partial charge in [0.25, 0.3) is 5.91 Å². The zero-order valence-electron chi connectivity index (χ0n) is 16.4. The van der Waals surface area contributed by atoms with Crippen molar-refractivity contribution in [3.8, 4) is 0 Å². The summed E-state index contributed by atoms with van der Waals surface area (Å²) in [5, 5.41) is 5.42. The summed E-state index contributed by atoms with van der Waals surface area (Å²) in [6.07, 6.45) is 1.12. The average Bonchev–Trinajstić information content (AvgIpc) is 3.24. The summed E-state index contributed by atoms with van der Waals surface area (Å²) in [5.41, 5.74) is 1.04. The van der Waals surface area contributed by atoms with Crippen molar-refractivity contribution < 1.29 is 27.1 Å². The number of carbonyl (C=O) groups is 2. The maximum atomic E-state index is 13.0. The van der Waals surface area contributed by atoms with Crippen molar-refractivity contribution >= 4 is 33.0 Å². The van der Waals surface area contributed by atoms with Gasteiger partial charge in [-0.1, -0.05) is 6.92 Å². The monoisotopic (exact) mass is 434 g/mol. The van der Waals surface area contributed by atoms with E-state index < -0.39 is 39.3 Å². The van der Waals surface area contributed by atoms with Gasteiger partial charge in [-0.05, 0) is 61.4 Å². The van der Waals surface area contributed by atoms with Crippen LogP contribution in [-0.4, -0.2) is 38.7 Å². The Labute approximate surface area is 174 Å². The molecule has 3 rings (SSSR count). The van der Waals surface area contributed by atoms with E-state index in [-0.39, 0.29) is 10.8 Å². The van der Waals surface area contributed by atoms with Crippen molar-refractivity contribution in [2.45, 2.75) is 30.8 Å². The Bertz CT molecular complexity index is 1000. The van der Waals surface area contributed by atoms with Gasteiger partial charge >= 0.3 is 0 Å². The van der Waals surface area contributed by atoms with Crippen LogP contribution in [0.5, 0.6) is 0 Å². The first-order chi connectivity index (χ1) is 14.2. The van der Waals surface area contributed by atoms with Gasteiger partial charge in [-0.3, -0.25) is 9.59 Å². The predicted molar refractivity (Wildman–Crippen MR) is 110 cm³/mol. The molecule has 160 valence electrons. The van der Waals surface area contributed by atoms with Crippen LogP contribution in [0.1, 0.15) is 19.8 Å². The molecule has 30 heavy (non-hydrogen) atoms. The molecule has 2 atom stereocenters. The fourth-order valence-electron chi connectivity index (χ4n) is 3.05. The van der Waals surface area contributed by atoms with E-state index in [1.807, 2.05) is 0 Å². The van der Waals surface area contributed by atoms with Crippen molar-refractivity contribution in [2.75, 3.05) is 23.0 Å². The van der Waals surface area contributed by atoms with Crippen LogP contribution in [0.15, 0.2) is 53.4 Å². The van der Waals surface area contributed by atoms with Crippen LogP contribution in [0.25, 0.3) is 0 Å². The number of amides is 2. The Morgan fingerprint density at radius 1 is 1.07 bits per heavy atom. The normalized spacial score (nSPS) is 17.3. The fraction of sp³-hybridized carbons (Fsp3) is 0.333. The number of hydrogen-bond donors (Lipinski definition) is 2. The van der Waals surface area contributed by atoms with E-state index in [0.717, 1.165) is 18.6 Å². The summed E-state index contributed by atoms with van der Waals surface area (Å²) in [6.45, 7) is 2.09. The van der Waals surface area contributed by atoms with Crippen LogP contribution in [0.2, 0.25) is 0 Å². The topological polar surface area (TPSA) is 102 Å². The summed E-state index contributed by atoms with van der Waals surface area (Å²) in [5.74, 6) is -2.42. The third kappa shape index (κ3) is 5.64. The summed E-state index contributed by atoms with van der Waals surface area (Å²) >= 11 is 0. The Morgan fingerprint density at radius 2 is 1.67 bits per heavy atom. The molecule has 0 unspecified atom stereocenters. The lowest BCUT2D eigenvalue weighted by atomic mass is 10.2. The summed E-state index contributed by atoms with van der Waals surface area (Å²) in [4.78, 5) is 24.4. The molecule has 0 spiro atoms. The molecular weight excluding hydrogens is 411 g/mol. The number of rotatable bonds is 7. The fourth-order valence-corrected chi connectivity index (χ4v) is 4.61. The van der Waals surface area contributed by atoms with Crippen LogP contribution in [0, 0.1) is 11.7 Å². The molecule has 7 nitrogen and oxygen atoms in total. The van der Waals surface area contributed by atoms with Gasteiger partial charge < -0.3 is 15.4 Å². The molecule has 1 heterocycles. The Morgan fingerprint density at radius 3 is 2.23 bits per heavy atom. The number of anilines is 2. The lowest BCUT2D eigenvalue weighted by Crippen LogP contribution is -2.27. The largest absolute Gasteiger partial charge is 0.368 e. The minimum atomic E-state index is -3.73. The van der Waals surface area contributed by atoms with Crippen LogP contribution >= 0.6 is 0 Å². The van der Waals surface area contributed by atoms with E-state index in [9.17, 15) is 22.4 Å². The molecule has 1 fully saturated rings. The Balaban J connectivity index is 1.55. The van der Waals surface area contributed by atoms with E-state index in [1.54, 1.807) is 24.3 Å². The van der Waals surface area contributed by atoms with E-state index >= 15 is 0 Å². The quantitative estimate of drug-likeness (QED) is 0.653. The van der Waals surface area contributed by atoms with Crippen molar-refractivity contribution in [3.05, 3.63) is 54.3 Å². The molecule has 0 saturated carbocycles. The Hall–Kier alpha value is -2.78. The third-order valence-corrected chi connectivity index (χ3v) is 6.66. The van der Waals surface area contributed by atoms with Gasteiger partial charge in [0.15, 0.2) is 9.84 Å². The maximum absolute atomic E-state index is 13.0. The van der Waals surface area contributed by atoms with Crippen LogP contribution in [0.3, 0.4) is 0 Å². The minimum absolute atomic E-state index is 0.0325. The van der Waals surface area contributed by atoms with E-state index in [0.29, 0.717) is 24.4 Å². The molecule has 0 radical (unpaired) electrons. The highest BCUT2D eigenvalue weighted by atomic mass is 32.2. The average molecular weight is 434 g/mol. The molecule has 9 heteroatoms. The number of halogens is 1. The zero-order valence-corrected chi connectivity index (χ0v) is 17.2. The zero-order chi connectivity index (χ0) is 21.7. The molecule has 1 saturated heterocycles. The first-order valence-electron chi connectivity index (χ1n) is 9.56. The number of hydrogen-bond acceptors (Lipinski definition) is 5. The molecule has 1 aliphatic heterocycles. The van der Waals surface area contributed by atoms with Crippen molar-refractivity contribution in [1.82, 2.24) is 0 Å². The lowest BCUT2D eigenvalue weighted by molar-refractivity contribution is -0.124. The van der Waals surface area contributed by atoms with Crippen molar-refractivity contribution in [3.63, 3.8) is 0 Å². The van der Waals surface area contributed by atoms with Gasteiger partial charge in [0.1, 0.15) is 11.9 Å². The smallest absolute Gasteiger partial charge is 0.253 e. The van der Waals surface area contributed by atoms with Gasteiger partial charge in [0.2, 0.25) is 5.91 Å². The van der Waals surface area contributed by atoms with Gasteiger partial charge in [0.05, 0.1) is 10.6 Å². The van der Waals surface area contributed by atoms with Gasteiger partial charge in [-0.15, -0.1) is 0 Å². The summed E-state index contributed by atoms with van der Waals surface area (Å²) in [6, 6.07) is 11.0. The third-order valence-electron chi connectivity index (χ3n) is 4.73. The first-order valence-corrected chi connectivity index (χ1v) is 11.2. The maximum Gasteiger partial charge on any atom is 0.253 e. The second kappa shape index (κ2) is 9.36. The summed E-state index contributed by atoms with van der Waals surface area (Å²) in [7, 11) is -3.73. The van der Waals surface area contributed by atoms with Crippen LogP contribution < -0.4 is 10.6 Å². The molecule has 2 amide bonds. The molecule has 2 aromatic rings. The van der Waals surface area contributed by atoms with E-state index in [4.69, 9.17) is 4.74 Å². The SMILES string of the molecule is C[C@H](CS(=O)(=O)c1ccc(F)cc1)C(=O)Nc1ccc(NC(=O)[C@@H]2CCCO2)cc1. The standard InChI is InChI=1S/C21H23FN2O5S/c1-14(13-30(27,28)18-10-4-15(22)5-11-18)20(25)23-16-6-8-17(9-7-16)24-21(26)19-3-2-12-29-19/h4-11,14,19H,2-3,12-13H2,1H3,(H,23,25)(H,24,26)/t14-,19+/m1/s1. The molecule has 0 bridgehead atoms. The van der Waals surface area contributed by atoms with Gasteiger partial charge in [-0.25, -0.2) is 12.8 Å². The van der Waals surface area contributed by atoms with Gasteiger partial charge in [-0.2, -0.15) is 0 Å². The number of sulfone groups is 1. The molecule has 0 aliphatic carbocycles.